The molecule has 0 spiro atoms. The first-order valence-electron chi connectivity index (χ1n) is 9.41. The molecule has 0 aliphatic heterocycles. The fourth-order valence-corrected chi connectivity index (χ4v) is 3.30. The van der Waals surface area contributed by atoms with E-state index in [0.717, 1.165) is 22.4 Å². The molecule has 5 heteroatoms. The van der Waals surface area contributed by atoms with Crippen molar-refractivity contribution in [2.45, 2.75) is 26.3 Å². The van der Waals surface area contributed by atoms with Crippen molar-refractivity contribution in [2.75, 3.05) is 5.32 Å². The van der Waals surface area contributed by atoms with Crippen LogP contribution in [0.25, 0.3) is 0 Å². The molecule has 3 aromatic carbocycles. The van der Waals surface area contributed by atoms with Crippen LogP contribution in [0.15, 0.2) is 72.8 Å². The second kappa shape index (κ2) is 9.39. The van der Waals surface area contributed by atoms with Gasteiger partial charge in [-0.3, -0.25) is 9.59 Å². The molecule has 0 unspecified atom stereocenters. The first kappa shape index (κ1) is 20.6. The fourth-order valence-electron chi connectivity index (χ4n) is 3.08. The van der Waals surface area contributed by atoms with Gasteiger partial charge in [0.15, 0.2) is 0 Å². The van der Waals surface area contributed by atoms with E-state index in [0.29, 0.717) is 10.6 Å². The standard InChI is InChI=1S/C24H23ClN2O2/c1-16-12-13-17(2)21(14-16)26-23(28)15-22(18-8-4-3-5-9-18)27-24(29)19-10-6-7-11-20(19)25/h3-14,22H,15H2,1-2H3,(H,26,28)(H,27,29)/t22-/m1/s1. The molecule has 0 aliphatic rings. The molecule has 2 N–H and O–H groups in total. The van der Waals surface area contributed by atoms with Crippen LogP contribution in [0.2, 0.25) is 5.02 Å². The van der Waals surface area contributed by atoms with Gasteiger partial charge >= 0.3 is 0 Å². The quantitative estimate of drug-likeness (QED) is 0.571. The van der Waals surface area contributed by atoms with Crippen molar-refractivity contribution < 1.29 is 9.59 Å². The number of benzene rings is 3. The molecule has 0 saturated heterocycles. The third-order valence-corrected chi connectivity index (χ3v) is 5.01. The van der Waals surface area contributed by atoms with E-state index >= 15 is 0 Å². The van der Waals surface area contributed by atoms with Crippen molar-refractivity contribution >= 4 is 29.1 Å². The van der Waals surface area contributed by atoms with E-state index in [9.17, 15) is 9.59 Å². The smallest absolute Gasteiger partial charge is 0.253 e. The number of hydrogen-bond acceptors (Lipinski definition) is 2. The maximum atomic E-state index is 12.8. The summed E-state index contributed by atoms with van der Waals surface area (Å²) in [7, 11) is 0. The van der Waals surface area contributed by atoms with E-state index in [1.54, 1.807) is 24.3 Å². The Balaban J connectivity index is 1.79. The van der Waals surface area contributed by atoms with Crippen molar-refractivity contribution in [3.05, 3.63) is 100 Å². The Kier molecular flexibility index (Phi) is 6.68. The van der Waals surface area contributed by atoms with Crippen LogP contribution in [0.1, 0.15) is 39.5 Å². The maximum Gasteiger partial charge on any atom is 0.253 e. The largest absolute Gasteiger partial charge is 0.345 e. The van der Waals surface area contributed by atoms with E-state index in [1.165, 1.54) is 0 Å². The summed E-state index contributed by atoms with van der Waals surface area (Å²) in [5.74, 6) is -0.490. The molecule has 0 bridgehead atoms. The molecule has 29 heavy (non-hydrogen) atoms. The van der Waals surface area contributed by atoms with E-state index in [1.807, 2.05) is 62.4 Å². The summed E-state index contributed by atoms with van der Waals surface area (Å²) in [5, 5.41) is 6.28. The number of aryl methyl sites for hydroxylation is 2. The van der Waals surface area contributed by atoms with Crippen molar-refractivity contribution in [3.8, 4) is 0 Å². The number of nitrogens with one attached hydrogen (secondary N) is 2. The van der Waals surface area contributed by atoms with Crippen molar-refractivity contribution in [2.24, 2.45) is 0 Å². The summed E-state index contributed by atoms with van der Waals surface area (Å²) in [6.07, 6.45) is 0.105. The highest BCUT2D eigenvalue weighted by molar-refractivity contribution is 6.33. The Hall–Kier alpha value is -3.11. The molecule has 3 aromatic rings. The van der Waals surface area contributed by atoms with Gasteiger partial charge in [-0.05, 0) is 48.7 Å². The summed E-state index contributed by atoms with van der Waals surface area (Å²) in [6, 6.07) is 21.7. The Bertz CT molecular complexity index is 1020. The van der Waals surface area contributed by atoms with Gasteiger partial charge in [0.05, 0.1) is 23.0 Å². The van der Waals surface area contributed by atoms with Crippen LogP contribution in [0.4, 0.5) is 5.69 Å². The second-order valence-corrected chi connectivity index (χ2v) is 7.39. The molecule has 2 amide bonds. The minimum absolute atomic E-state index is 0.105. The van der Waals surface area contributed by atoms with Gasteiger partial charge in [0.1, 0.15) is 0 Å². The van der Waals surface area contributed by atoms with Crippen molar-refractivity contribution in [3.63, 3.8) is 0 Å². The minimum Gasteiger partial charge on any atom is -0.345 e. The second-order valence-electron chi connectivity index (χ2n) is 6.99. The number of halogens is 1. The molecule has 1 atom stereocenters. The summed E-state index contributed by atoms with van der Waals surface area (Å²) in [5.41, 5.74) is 4.06. The number of hydrogen-bond donors (Lipinski definition) is 2. The van der Waals surface area contributed by atoms with Gasteiger partial charge in [0.2, 0.25) is 5.91 Å². The van der Waals surface area contributed by atoms with Crippen LogP contribution >= 0.6 is 11.6 Å². The Morgan fingerprint density at radius 3 is 2.34 bits per heavy atom. The van der Waals surface area contributed by atoms with Crippen LogP contribution < -0.4 is 10.6 Å². The lowest BCUT2D eigenvalue weighted by molar-refractivity contribution is -0.116. The van der Waals surface area contributed by atoms with Crippen molar-refractivity contribution in [1.29, 1.82) is 0 Å². The number of carbonyl (C=O) groups excluding carboxylic acids is 2. The Labute approximate surface area is 175 Å². The molecular formula is C24H23ClN2O2. The Morgan fingerprint density at radius 1 is 0.931 bits per heavy atom. The lowest BCUT2D eigenvalue weighted by atomic mass is 10.0. The zero-order chi connectivity index (χ0) is 20.8. The first-order valence-corrected chi connectivity index (χ1v) is 9.79. The predicted molar refractivity (Wildman–Crippen MR) is 117 cm³/mol. The number of amides is 2. The lowest BCUT2D eigenvalue weighted by Gasteiger charge is -2.20. The van der Waals surface area contributed by atoms with Crippen LogP contribution in [0, 0.1) is 13.8 Å². The minimum atomic E-state index is -0.481. The maximum absolute atomic E-state index is 12.8. The van der Waals surface area contributed by atoms with Gasteiger partial charge in [-0.25, -0.2) is 0 Å². The third kappa shape index (κ3) is 5.46. The topological polar surface area (TPSA) is 58.2 Å². The number of anilines is 1. The average molecular weight is 407 g/mol. The van der Waals surface area contributed by atoms with Gasteiger partial charge in [-0.1, -0.05) is 66.2 Å². The number of carbonyl (C=O) groups is 2. The zero-order valence-corrected chi connectivity index (χ0v) is 17.2. The molecule has 148 valence electrons. The molecule has 0 aliphatic carbocycles. The zero-order valence-electron chi connectivity index (χ0n) is 16.4. The molecular weight excluding hydrogens is 384 g/mol. The average Bonchev–Trinajstić information content (AvgIpc) is 2.71. The molecule has 0 heterocycles. The SMILES string of the molecule is Cc1ccc(C)c(NC(=O)C[C@@H](NC(=O)c2ccccc2Cl)c2ccccc2)c1. The van der Waals surface area contributed by atoms with Gasteiger partial charge < -0.3 is 10.6 Å². The molecule has 0 fully saturated rings. The van der Waals surface area contributed by atoms with Gasteiger partial charge in [-0.2, -0.15) is 0 Å². The highest BCUT2D eigenvalue weighted by Gasteiger charge is 2.20. The molecule has 0 radical (unpaired) electrons. The summed E-state index contributed by atoms with van der Waals surface area (Å²) >= 11 is 6.15. The Morgan fingerprint density at radius 2 is 1.62 bits per heavy atom. The van der Waals surface area contributed by atoms with Gasteiger partial charge in [0, 0.05) is 5.69 Å². The normalized spacial score (nSPS) is 11.6. The fraction of sp³-hybridized carbons (Fsp3) is 0.167. The molecule has 0 aromatic heterocycles. The van der Waals surface area contributed by atoms with Crippen LogP contribution in [-0.2, 0) is 4.79 Å². The van der Waals surface area contributed by atoms with Crippen LogP contribution in [-0.4, -0.2) is 11.8 Å². The summed E-state index contributed by atoms with van der Waals surface area (Å²) in [6.45, 7) is 3.93. The van der Waals surface area contributed by atoms with E-state index in [4.69, 9.17) is 11.6 Å². The third-order valence-electron chi connectivity index (χ3n) is 4.68. The monoisotopic (exact) mass is 406 g/mol. The van der Waals surface area contributed by atoms with Gasteiger partial charge in [0.25, 0.3) is 5.91 Å². The number of rotatable bonds is 6. The lowest BCUT2D eigenvalue weighted by Crippen LogP contribution is -2.31. The van der Waals surface area contributed by atoms with Crippen LogP contribution in [0.5, 0.6) is 0 Å². The van der Waals surface area contributed by atoms with E-state index < -0.39 is 6.04 Å². The molecule has 3 rings (SSSR count). The van der Waals surface area contributed by atoms with E-state index in [-0.39, 0.29) is 18.2 Å². The predicted octanol–water partition coefficient (Wildman–Crippen LogP) is 5.46. The highest BCUT2D eigenvalue weighted by atomic mass is 35.5. The summed E-state index contributed by atoms with van der Waals surface area (Å²) in [4.78, 5) is 25.5. The van der Waals surface area contributed by atoms with E-state index in [2.05, 4.69) is 10.6 Å². The highest BCUT2D eigenvalue weighted by Crippen LogP contribution is 2.22. The first-order chi connectivity index (χ1) is 13.9. The molecule has 0 saturated carbocycles. The van der Waals surface area contributed by atoms with Crippen LogP contribution in [0.3, 0.4) is 0 Å². The van der Waals surface area contributed by atoms with Crippen molar-refractivity contribution in [1.82, 2.24) is 5.32 Å². The van der Waals surface area contributed by atoms with Gasteiger partial charge in [-0.15, -0.1) is 0 Å². The molecule has 4 nitrogen and oxygen atoms in total. The summed E-state index contributed by atoms with van der Waals surface area (Å²) < 4.78 is 0.